The van der Waals surface area contributed by atoms with Crippen LogP contribution in [0.2, 0.25) is 0 Å². The SMILES string of the molecule is CC1(C)OCC(CCN=[N+]=[N-])O1. The lowest BCUT2D eigenvalue weighted by atomic mass is 10.3. The molecule has 1 aliphatic heterocycles. The summed E-state index contributed by atoms with van der Waals surface area (Å²) in [7, 11) is 0. The lowest BCUT2D eigenvalue weighted by Gasteiger charge is -2.16. The second-order valence-electron chi connectivity index (χ2n) is 3.19. The summed E-state index contributed by atoms with van der Waals surface area (Å²) in [5, 5.41) is 3.43. The van der Waals surface area contributed by atoms with Gasteiger partial charge in [0.25, 0.3) is 0 Å². The first kappa shape index (κ1) is 9.32. The van der Waals surface area contributed by atoms with E-state index in [1.807, 2.05) is 13.8 Å². The Kier molecular flexibility index (Phi) is 2.92. The second-order valence-corrected chi connectivity index (χ2v) is 3.19. The molecule has 1 atom stereocenters. The molecule has 0 aromatic carbocycles. The van der Waals surface area contributed by atoms with E-state index in [9.17, 15) is 0 Å². The molecule has 0 amide bonds. The highest BCUT2D eigenvalue weighted by molar-refractivity contribution is 4.71. The van der Waals surface area contributed by atoms with Gasteiger partial charge in [-0.25, -0.2) is 0 Å². The smallest absolute Gasteiger partial charge is 0.163 e. The first-order valence-corrected chi connectivity index (χ1v) is 3.97. The van der Waals surface area contributed by atoms with Crippen molar-refractivity contribution in [2.45, 2.75) is 32.2 Å². The number of nitrogens with zero attached hydrogens (tertiary/aromatic N) is 3. The monoisotopic (exact) mass is 171 g/mol. The molecule has 0 saturated carbocycles. The van der Waals surface area contributed by atoms with Crippen molar-refractivity contribution in [3.63, 3.8) is 0 Å². The van der Waals surface area contributed by atoms with Gasteiger partial charge in [-0.1, -0.05) is 5.11 Å². The minimum absolute atomic E-state index is 0.0745. The summed E-state index contributed by atoms with van der Waals surface area (Å²) in [5.74, 6) is -0.471. The summed E-state index contributed by atoms with van der Waals surface area (Å²) in [6.45, 7) is 4.82. The molecule has 1 aliphatic rings. The summed E-state index contributed by atoms with van der Waals surface area (Å²) >= 11 is 0. The summed E-state index contributed by atoms with van der Waals surface area (Å²) in [4.78, 5) is 2.66. The summed E-state index contributed by atoms with van der Waals surface area (Å²) in [5.41, 5.74) is 8.03. The molecule has 5 nitrogen and oxygen atoms in total. The highest BCUT2D eigenvalue weighted by Crippen LogP contribution is 2.23. The molecular weight excluding hydrogens is 158 g/mol. The Labute approximate surface area is 71.3 Å². The van der Waals surface area contributed by atoms with E-state index in [2.05, 4.69) is 10.0 Å². The van der Waals surface area contributed by atoms with Crippen LogP contribution in [0.4, 0.5) is 0 Å². The Morgan fingerprint density at radius 2 is 2.42 bits per heavy atom. The Hall–Kier alpha value is -0.770. The van der Waals surface area contributed by atoms with Gasteiger partial charge in [-0.15, -0.1) is 0 Å². The fraction of sp³-hybridized carbons (Fsp3) is 1.00. The highest BCUT2D eigenvalue weighted by Gasteiger charge is 2.31. The van der Waals surface area contributed by atoms with E-state index >= 15 is 0 Å². The van der Waals surface area contributed by atoms with Crippen LogP contribution in [-0.4, -0.2) is 25.0 Å². The van der Waals surface area contributed by atoms with E-state index in [0.29, 0.717) is 13.2 Å². The van der Waals surface area contributed by atoms with Gasteiger partial charge in [0.1, 0.15) is 0 Å². The maximum atomic E-state index is 8.03. The zero-order valence-corrected chi connectivity index (χ0v) is 7.36. The number of rotatable bonds is 3. The van der Waals surface area contributed by atoms with Crippen molar-refractivity contribution < 1.29 is 9.47 Å². The van der Waals surface area contributed by atoms with Gasteiger partial charge in [0, 0.05) is 11.5 Å². The predicted octanol–water partition coefficient (Wildman–Crippen LogP) is 1.84. The molecule has 0 radical (unpaired) electrons. The summed E-state index contributed by atoms with van der Waals surface area (Å²) < 4.78 is 10.8. The van der Waals surface area contributed by atoms with Crippen molar-refractivity contribution >= 4 is 0 Å². The van der Waals surface area contributed by atoms with Gasteiger partial charge in [0.05, 0.1) is 12.7 Å². The van der Waals surface area contributed by atoms with Crippen LogP contribution in [0.25, 0.3) is 10.4 Å². The number of hydrogen-bond acceptors (Lipinski definition) is 3. The lowest BCUT2D eigenvalue weighted by Crippen LogP contribution is -2.21. The molecule has 0 N–H and O–H groups in total. The van der Waals surface area contributed by atoms with Gasteiger partial charge in [-0.3, -0.25) is 0 Å². The molecule has 1 heterocycles. The van der Waals surface area contributed by atoms with E-state index in [1.165, 1.54) is 0 Å². The Bertz CT molecular complexity index is 199. The second kappa shape index (κ2) is 3.76. The Balaban J connectivity index is 2.24. The number of azide groups is 1. The average Bonchev–Trinajstić information content (AvgIpc) is 2.31. The van der Waals surface area contributed by atoms with Gasteiger partial charge < -0.3 is 9.47 Å². The average molecular weight is 171 g/mol. The Morgan fingerprint density at radius 3 is 2.92 bits per heavy atom. The molecule has 68 valence electrons. The van der Waals surface area contributed by atoms with Crippen LogP contribution in [0.15, 0.2) is 5.11 Å². The zero-order chi connectivity index (χ0) is 9.03. The van der Waals surface area contributed by atoms with Crippen LogP contribution in [0, 0.1) is 0 Å². The normalized spacial score (nSPS) is 26.7. The molecular formula is C7H13N3O2. The Morgan fingerprint density at radius 1 is 1.67 bits per heavy atom. The van der Waals surface area contributed by atoms with Crippen LogP contribution < -0.4 is 0 Å². The molecule has 1 unspecified atom stereocenters. The van der Waals surface area contributed by atoms with Crippen molar-refractivity contribution in [2.24, 2.45) is 5.11 Å². The number of ether oxygens (including phenoxy) is 2. The molecule has 0 spiro atoms. The third kappa shape index (κ3) is 2.70. The van der Waals surface area contributed by atoms with Gasteiger partial charge in [0.2, 0.25) is 0 Å². The van der Waals surface area contributed by atoms with Crippen LogP contribution in [-0.2, 0) is 9.47 Å². The largest absolute Gasteiger partial charge is 0.348 e. The first-order valence-electron chi connectivity index (χ1n) is 3.97. The molecule has 0 aromatic rings. The van der Waals surface area contributed by atoms with E-state index in [4.69, 9.17) is 15.0 Å². The molecule has 0 aromatic heterocycles. The van der Waals surface area contributed by atoms with Crippen molar-refractivity contribution in [3.05, 3.63) is 10.4 Å². The number of hydrogen-bond donors (Lipinski definition) is 0. The molecule has 1 saturated heterocycles. The molecule has 1 fully saturated rings. The van der Waals surface area contributed by atoms with Gasteiger partial charge >= 0.3 is 0 Å². The maximum absolute atomic E-state index is 8.03. The van der Waals surface area contributed by atoms with Crippen molar-refractivity contribution in [1.82, 2.24) is 0 Å². The zero-order valence-electron chi connectivity index (χ0n) is 7.36. The van der Waals surface area contributed by atoms with Crippen LogP contribution in [0.3, 0.4) is 0 Å². The minimum atomic E-state index is -0.471. The van der Waals surface area contributed by atoms with Crippen molar-refractivity contribution in [3.8, 4) is 0 Å². The standard InChI is InChI=1S/C7H13N3O2/c1-7(2)11-5-6(12-7)3-4-9-10-8/h6H,3-5H2,1-2H3. The lowest BCUT2D eigenvalue weighted by molar-refractivity contribution is -0.138. The minimum Gasteiger partial charge on any atom is -0.348 e. The van der Waals surface area contributed by atoms with E-state index in [1.54, 1.807) is 0 Å². The molecule has 12 heavy (non-hydrogen) atoms. The van der Waals surface area contributed by atoms with Crippen LogP contribution in [0.1, 0.15) is 20.3 Å². The molecule has 0 aliphatic carbocycles. The van der Waals surface area contributed by atoms with Crippen molar-refractivity contribution in [2.75, 3.05) is 13.2 Å². The molecule has 5 heteroatoms. The third-order valence-electron chi connectivity index (χ3n) is 1.68. The van der Waals surface area contributed by atoms with Gasteiger partial charge in [0.15, 0.2) is 5.79 Å². The fourth-order valence-electron chi connectivity index (χ4n) is 1.15. The quantitative estimate of drug-likeness (QED) is 0.369. The predicted molar refractivity (Wildman–Crippen MR) is 43.5 cm³/mol. The van der Waals surface area contributed by atoms with Crippen LogP contribution >= 0.6 is 0 Å². The summed E-state index contributed by atoms with van der Waals surface area (Å²) in [6.07, 6.45) is 0.804. The van der Waals surface area contributed by atoms with E-state index in [-0.39, 0.29) is 6.10 Å². The van der Waals surface area contributed by atoms with E-state index in [0.717, 1.165) is 6.42 Å². The summed E-state index contributed by atoms with van der Waals surface area (Å²) in [6, 6.07) is 0. The maximum Gasteiger partial charge on any atom is 0.163 e. The molecule has 1 rings (SSSR count). The van der Waals surface area contributed by atoms with Gasteiger partial charge in [-0.05, 0) is 25.8 Å². The highest BCUT2D eigenvalue weighted by atomic mass is 16.7. The third-order valence-corrected chi connectivity index (χ3v) is 1.68. The van der Waals surface area contributed by atoms with Crippen LogP contribution in [0.5, 0.6) is 0 Å². The van der Waals surface area contributed by atoms with Crippen molar-refractivity contribution in [1.29, 1.82) is 0 Å². The fourth-order valence-corrected chi connectivity index (χ4v) is 1.15. The first-order chi connectivity index (χ1) is 5.64. The van der Waals surface area contributed by atoms with E-state index < -0.39 is 5.79 Å². The molecule has 0 bridgehead atoms. The topological polar surface area (TPSA) is 67.2 Å². The van der Waals surface area contributed by atoms with Gasteiger partial charge in [-0.2, -0.15) is 0 Å².